The standard InChI is InChI=1S/C15H16BrNO3/c1-17-13(18)8-9-4-5-10(7-11(9)15(17)19)14(16)12-3-2-6-20-12/h4-5,7,12,14H,2-3,6,8H2,1H3. The second-order valence-corrected chi connectivity index (χ2v) is 6.29. The van der Waals surface area contributed by atoms with Gasteiger partial charge in [-0.05, 0) is 30.0 Å². The normalized spacial score (nSPS) is 23.9. The Bertz CT molecular complexity index is 566. The van der Waals surface area contributed by atoms with E-state index in [1.807, 2.05) is 18.2 Å². The van der Waals surface area contributed by atoms with Crippen LogP contribution in [0.25, 0.3) is 0 Å². The van der Waals surface area contributed by atoms with Crippen LogP contribution in [-0.2, 0) is 16.0 Å². The van der Waals surface area contributed by atoms with Gasteiger partial charge in [0, 0.05) is 19.2 Å². The Kier molecular flexibility index (Phi) is 3.65. The number of hydrogen-bond donors (Lipinski definition) is 0. The smallest absolute Gasteiger partial charge is 0.260 e. The summed E-state index contributed by atoms with van der Waals surface area (Å²) >= 11 is 3.67. The molecule has 3 rings (SSSR count). The van der Waals surface area contributed by atoms with E-state index in [1.54, 1.807) is 0 Å². The topological polar surface area (TPSA) is 46.6 Å². The van der Waals surface area contributed by atoms with Gasteiger partial charge in [-0.3, -0.25) is 14.5 Å². The summed E-state index contributed by atoms with van der Waals surface area (Å²) in [5, 5.41) is 0. The lowest BCUT2D eigenvalue weighted by Crippen LogP contribution is -2.39. The Hall–Kier alpha value is -1.20. The third-order valence-corrected chi connectivity index (χ3v) is 5.11. The molecular formula is C15H16BrNO3. The van der Waals surface area contributed by atoms with Crippen LogP contribution in [0.3, 0.4) is 0 Å². The van der Waals surface area contributed by atoms with Gasteiger partial charge in [0.2, 0.25) is 5.91 Å². The van der Waals surface area contributed by atoms with Gasteiger partial charge in [0.1, 0.15) is 0 Å². The predicted molar refractivity (Wildman–Crippen MR) is 77.9 cm³/mol. The van der Waals surface area contributed by atoms with Gasteiger partial charge in [-0.25, -0.2) is 0 Å². The molecule has 1 aromatic carbocycles. The Labute approximate surface area is 126 Å². The van der Waals surface area contributed by atoms with Crippen molar-refractivity contribution >= 4 is 27.7 Å². The van der Waals surface area contributed by atoms with E-state index < -0.39 is 0 Å². The highest BCUT2D eigenvalue weighted by Crippen LogP contribution is 2.35. The zero-order valence-electron chi connectivity index (χ0n) is 11.3. The van der Waals surface area contributed by atoms with E-state index in [0.29, 0.717) is 12.0 Å². The Morgan fingerprint density at radius 1 is 1.40 bits per heavy atom. The first-order valence-corrected chi connectivity index (χ1v) is 7.69. The number of alkyl halides is 1. The van der Waals surface area contributed by atoms with Gasteiger partial charge in [-0.1, -0.05) is 28.1 Å². The Balaban J connectivity index is 1.92. The molecular weight excluding hydrogens is 322 g/mol. The second kappa shape index (κ2) is 5.30. The second-order valence-electron chi connectivity index (χ2n) is 5.30. The summed E-state index contributed by atoms with van der Waals surface area (Å²) in [6.45, 7) is 0.799. The number of benzene rings is 1. The molecule has 0 bridgehead atoms. The van der Waals surface area contributed by atoms with Crippen molar-refractivity contribution in [2.75, 3.05) is 13.7 Å². The number of fused-ring (bicyclic) bond motifs is 1. The molecule has 2 aliphatic rings. The van der Waals surface area contributed by atoms with Crippen LogP contribution in [0.4, 0.5) is 0 Å². The minimum Gasteiger partial charge on any atom is -0.377 e. The van der Waals surface area contributed by atoms with Crippen molar-refractivity contribution < 1.29 is 14.3 Å². The number of hydrogen-bond acceptors (Lipinski definition) is 3. The minimum absolute atomic E-state index is 0.0889. The maximum atomic E-state index is 12.2. The van der Waals surface area contributed by atoms with Crippen molar-refractivity contribution in [3.63, 3.8) is 0 Å². The highest BCUT2D eigenvalue weighted by Gasteiger charge is 2.30. The fourth-order valence-corrected chi connectivity index (χ4v) is 3.44. The van der Waals surface area contributed by atoms with E-state index in [-0.39, 0.29) is 22.7 Å². The van der Waals surface area contributed by atoms with Crippen LogP contribution < -0.4 is 0 Å². The summed E-state index contributed by atoms with van der Waals surface area (Å²) in [4.78, 5) is 25.1. The molecule has 2 amide bonds. The molecule has 106 valence electrons. The van der Waals surface area contributed by atoms with Gasteiger partial charge in [0.15, 0.2) is 0 Å². The molecule has 2 aliphatic heterocycles. The maximum absolute atomic E-state index is 12.2. The zero-order valence-corrected chi connectivity index (χ0v) is 12.9. The molecule has 0 aliphatic carbocycles. The molecule has 0 spiro atoms. The van der Waals surface area contributed by atoms with Gasteiger partial charge < -0.3 is 4.74 Å². The van der Waals surface area contributed by atoms with Crippen molar-refractivity contribution in [3.8, 4) is 0 Å². The van der Waals surface area contributed by atoms with Crippen molar-refractivity contribution in [1.29, 1.82) is 0 Å². The number of imide groups is 1. The van der Waals surface area contributed by atoms with E-state index in [2.05, 4.69) is 15.9 Å². The van der Waals surface area contributed by atoms with Crippen LogP contribution >= 0.6 is 15.9 Å². The van der Waals surface area contributed by atoms with E-state index in [4.69, 9.17) is 4.74 Å². The summed E-state index contributed by atoms with van der Waals surface area (Å²) in [5.41, 5.74) is 2.48. The molecule has 4 nitrogen and oxygen atoms in total. The lowest BCUT2D eigenvalue weighted by Gasteiger charge is -2.25. The molecule has 0 radical (unpaired) electrons. The van der Waals surface area contributed by atoms with Crippen LogP contribution in [0, 0.1) is 0 Å². The number of likely N-dealkylation sites (N-methyl/N-ethyl adjacent to an activating group) is 1. The van der Waals surface area contributed by atoms with Crippen LogP contribution in [0.2, 0.25) is 0 Å². The largest absolute Gasteiger partial charge is 0.377 e. The number of carbonyl (C=O) groups is 2. The van der Waals surface area contributed by atoms with E-state index in [0.717, 1.165) is 30.6 Å². The van der Waals surface area contributed by atoms with Gasteiger partial charge in [0.25, 0.3) is 5.91 Å². The van der Waals surface area contributed by atoms with Crippen LogP contribution in [0.5, 0.6) is 0 Å². The number of nitrogens with zero attached hydrogens (tertiary/aromatic N) is 1. The molecule has 1 saturated heterocycles. The first kappa shape index (κ1) is 13.8. The van der Waals surface area contributed by atoms with Crippen molar-refractivity contribution in [3.05, 3.63) is 34.9 Å². The molecule has 1 aromatic rings. The zero-order chi connectivity index (χ0) is 14.3. The van der Waals surface area contributed by atoms with E-state index >= 15 is 0 Å². The van der Waals surface area contributed by atoms with Gasteiger partial charge in [0.05, 0.1) is 17.4 Å². The van der Waals surface area contributed by atoms with Crippen molar-refractivity contribution in [1.82, 2.24) is 4.90 Å². The van der Waals surface area contributed by atoms with Crippen LogP contribution in [0.1, 0.15) is 39.2 Å². The summed E-state index contributed by atoms with van der Waals surface area (Å²) in [7, 11) is 1.53. The van der Waals surface area contributed by atoms with Gasteiger partial charge >= 0.3 is 0 Å². The third kappa shape index (κ3) is 2.29. The van der Waals surface area contributed by atoms with Crippen LogP contribution in [0.15, 0.2) is 18.2 Å². The predicted octanol–water partition coefficient (Wildman–Crippen LogP) is 2.46. The fraction of sp³-hybridized carbons (Fsp3) is 0.467. The Morgan fingerprint density at radius 3 is 2.90 bits per heavy atom. The maximum Gasteiger partial charge on any atom is 0.260 e. The van der Waals surface area contributed by atoms with Crippen LogP contribution in [-0.4, -0.2) is 36.5 Å². The van der Waals surface area contributed by atoms with Gasteiger partial charge in [-0.2, -0.15) is 0 Å². The molecule has 0 aromatic heterocycles. The Morgan fingerprint density at radius 2 is 2.20 bits per heavy atom. The molecule has 0 N–H and O–H groups in total. The number of rotatable bonds is 2. The van der Waals surface area contributed by atoms with E-state index in [1.165, 1.54) is 11.9 Å². The molecule has 20 heavy (non-hydrogen) atoms. The first-order valence-electron chi connectivity index (χ1n) is 6.77. The first-order chi connectivity index (χ1) is 9.58. The monoisotopic (exact) mass is 337 g/mol. The highest BCUT2D eigenvalue weighted by atomic mass is 79.9. The summed E-state index contributed by atoms with van der Waals surface area (Å²) in [5.74, 6) is -0.366. The summed E-state index contributed by atoms with van der Waals surface area (Å²) in [6.07, 6.45) is 2.56. The molecule has 2 heterocycles. The number of ether oxygens (including phenoxy) is 1. The number of amides is 2. The summed E-state index contributed by atoms with van der Waals surface area (Å²) in [6, 6.07) is 5.75. The van der Waals surface area contributed by atoms with Gasteiger partial charge in [-0.15, -0.1) is 0 Å². The SMILES string of the molecule is CN1C(=O)Cc2ccc(C(Br)C3CCCO3)cc2C1=O. The van der Waals surface area contributed by atoms with Crippen molar-refractivity contribution in [2.45, 2.75) is 30.2 Å². The molecule has 2 atom stereocenters. The molecule has 5 heteroatoms. The number of carbonyl (C=O) groups excluding carboxylic acids is 2. The lowest BCUT2D eigenvalue weighted by molar-refractivity contribution is -0.127. The highest BCUT2D eigenvalue weighted by molar-refractivity contribution is 9.09. The lowest BCUT2D eigenvalue weighted by atomic mass is 9.94. The summed E-state index contributed by atoms with van der Waals surface area (Å²) < 4.78 is 5.68. The third-order valence-electron chi connectivity index (χ3n) is 3.99. The average molecular weight is 338 g/mol. The molecule has 2 unspecified atom stereocenters. The minimum atomic E-state index is -0.217. The molecule has 0 saturated carbocycles. The van der Waals surface area contributed by atoms with E-state index in [9.17, 15) is 9.59 Å². The fourth-order valence-electron chi connectivity index (χ4n) is 2.74. The molecule has 1 fully saturated rings. The van der Waals surface area contributed by atoms with Crippen molar-refractivity contribution in [2.24, 2.45) is 0 Å². The average Bonchev–Trinajstić information content (AvgIpc) is 2.98. The number of halogens is 1. The quantitative estimate of drug-likeness (QED) is 0.615.